The van der Waals surface area contributed by atoms with Gasteiger partial charge in [0.1, 0.15) is 11.3 Å². The molecule has 0 atom stereocenters. The highest BCUT2D eigenvalue weighted by Gasteiger charge is 2.15. The fourth-order valence-electron chi connectivity index (χ4n) is 2.88. The maximum Gasteiger partial charge on any atom is 0.175 e. The van der Waals surface area contributed by atoms with Crippen molar-refractivity contribution in [3.63, 3.8) is 0 Å². The molecule has 4 aromatic rings. The lowest BCUT2D eigenvalue weighted by atomic mass is 10.1. The van der Waals surface area contributed by atoms with Crippen LogP contribution in [0.5, 0.6) is 5.75 Å². The van der Waals surface area contributed by atoms with Gasteiger partial charge in [0.15, 0.2) is 15.7 Å². The quantitative estimate of drug-likeness (QED) is 0.574. The van der Waals surface area contributed by atoms with E-state index in [-0.39, 0.29) is 4.90 Å². The molecule has 2 heterocycles. The predicted octanol–water partition coefficient (Wildman–Crippen LogP) is 3.27. The minimum Gasteiger partial charge on any atom is -0.495 e. The summed E-state index contributed by atoms with van der Waals surface area (Å²) in [6.07, 6.45) is 2.88. The van der Waals surface area contributed by atoms with Crippen LogP contribution in [0.2, 0.25) is 0 Å². The van der Waals surface area contributed by atoms with Gasteiger partial charge in [-0.05, 0) is 24.3 Å². The van der Waals surface area contributed by atoms with Gasteiger partial charge in [0.05, 0.1) is 29.4 Å². The third-order valence-corrected chi connectivity index (χ3v) is 5.27. The van der Waals surface area contributed by atoms with Crippen LogP contribution in [0.15, 0.2) is 53.6 Å². The third-order valence-electron chi connectivity index (χ3n) is 4.16. The van der Waals surface area contributed by atoms with Crippen molar-refractivity contribution < 1.29 is 13.2 Å². The molecule has 0 amide bonds. The van der Waals surface area contributed by atoms with Crippen LogP contribution >= 0.6 is 0 Å². The van der Waals surface area contributed by atoms with Gasteiger partial charge in [0, 0.05) is 17.0 Å². The molecule has 0 aliphatic heterocycles. The highest BCUT2D eigenvalue weighted by molar-refractivity contribution is 7.90. The van der Waals surface area contributed by atoms with Crippen molar-refractivity contribution in [2.45, 2.75) is 4.90 Å². The number of anilines is 2. The zero-order valence-corrected chi connectivity index (χ0v) is 15.0. The van der Waals surface area contributed by atoms with Crippen molar-refractivity contribution in [1.29, 1.82) is 0 Å². The second-order valence-electron chi connectivity index (χ2n) is 5.90. The molecule has 4 rings (SSSR count). The number of fused-ring (bicyclic) bond motifs is 3. The molecule has 0 aliphatic carbocycles. The number of aromatic amines is 1. The standard InChI is InChI=1S/C18H16N4O3S/c1-25-16-6-4-3-5-14(16)20-18-17-13(10-19-22-17)12-8-7-11(26(2,23)24)9-15(12)21-18/h3-10H,1-2H3,(H,19,22)(H,20,21). The zero-order valence-electron chi connectivity index (χ0n) is 14.1. The van der Waals surface area contributed by atoms with E-state index in [0.717, 1.165) is 22.0 Å². The smallest absolute Gasteiger partial charge is 0.175 e. The number of ether oxygens (including phenoxy) is 1. The van der Waals surface area contributed by atoms with Crippen LogP contribution in [0.1, 0.15) is 0 Å². The number of para-hydroxylation sites is 2. The van der Waals surface area contributed by atoms with E-state index in [1.807, 2.05) is 24.3 Å². The minimum atomic E-state index is -3.32. The third kappa shape index (κ3) is 2.74. The molecule has 0 saturated carbocycles. The van der Waals surface area contributed by atoms with Crippen molar-refractivity contribution >= 4 is 43.1 Å². The maximum atomic E-state index is 11.9. The summed E-state index contributed by atoms with van der Waals surface area (Å²) in [4.78, 5) is 4.84. The molecule has 0 bridgehead atoms. The Bertz CT molecular complexity index is 1230. The van der Waals surface area contributed by atoms with Crippen LogP contribution in [0.3, 0.4) is 0 Å². The van der Waals surface area contributed by atoms with Crippen LogP contribution in [-0.4, -0.2) is 37.0 Å². The number of nitrogens with zero attached hydrogens (tertiary/aromatic N) is 2. The number of methoxy groups -OCH3 is 1. The van der Waals surface area contributed by atoms with E-state index >= 15 is 0 Å². The molecule has 0 saturated heterocycles. The van der Waals surface area contributed by atoms with Gasteiger partial charge in [-0.15, -0.1) is 0 Å². The Labute approximate surface area is 149 Å². The van der Waals surface area contributed by atoms with Crippen LogP contribution in [0.4, 0.5) is 11.5 Å². The Balaban J connectivity index is 1.94. The summed E-state index contributed by atoms with van der Waals surface area (Å²) >= 11 is 0. The summed E-state index contributed by atoms with van der Waals surface area (Å²) in [5, 5.41) is 12.0. The van der Waals surface area contributed by atoms with E-state index in [1.54, 1.807) is 31.5 Å². The first-order valence-corrected chi connectivity index (χ1v) is 9.73. The van der Waals surface area contributed by atoms with Gasteiger partial charge >= 0.3 is 0 Å². The summed E-state index contributed by atoms with van der Waals surface area (Å²) < 4.78 is 29.1. The van der Waals surface area contributed by atoms with Crippen LogP contribution < -0.4 is 10.1 Å². The van der Waals surface area contributed by atoms with Gasteiger partial charge < -0.3 is 10.1 Å². The first kappa shape index (κ1) is 16.3. The normalized spacial score (nSPS) is 11.8. The second kappa shape index (κ2) is 5.99. The molecule has 2 N–H and O–H groups in total. The average Bonchev–Trinajstić information content (AvgIpc) is 3.11. The Kier molecular flexibility index (Phi) is 3.77. The Morgan fingerprint density at radius 2 is 1.92 bits per heavy atom. The number of benzene rings is 2. The van der Waals surface area contributed by atoms with E-state index in [4.69, 9.17) is 4.74 Å². The molecular weight excluding hydrogens is 352 g/mol. The number of H-pyrrole nitrogens is 1. The van der Waals surface area contributed by atoms with Gasteiger partial charge in [0.2, 0.25) is 0 Å². The van der Waals surface area contributed by atoms with Gasteiger partial charge in [-0.3, -0.25) is 5.10 Å². The lowest BCUT2D eigenvalue weighted by Crippen LogP contribution is -2.00. The summed E-state index contributed by atoms with van der Waals surface area (Å²) in [5.74, 6) is 1.21. The molecule has 26 heavy (non-hydrogen) atoms. The summed E-state index contributed by atoms with van der Waals surface area (Å²) in [6, 6.07) is 12.4. The van der Waals surface area contributed by atoms with E-state index in [0.29, 0.717) is 17.1 Å². The number of hydrogen-bond donors (Lipinski definition) is 2. The molecule has 0 fully saturated rings. The van der Waals surface area contributed by atoms with Crippen LogP contribution in [0.25, 0.3) is 21.8 Å². The minimum absolute atomic E-state index is 0.226. The van der Waals surface area contributed by atoms with Gasteiger partial charge in [-0.1, -0.05) is 18.2 Å². The number of nitrogens with one attached hydrogen (secondary N) is 2. The number of aromatic nitrogens is 3. The zero-order chi connectivity index (χ0) is 18.3. The van der Waals surface area contributed by atoms with Crippen LogP contribution in [-0.2, 0) is 9.84 Å². The number of pyridine rings is 1. The fraction of sp³-hybridized carbons (Fsp3) is 0.111. The Morgan fingerprint density at radius 3 is 2.69 bits per heavy atom. The van der Waals surface area contributed by atoms with Crippen molar-refractivity contribution in [3.8, 4) is 5.75 Å². The molecule has 2 aromatic heterocycles. The maximum absolute atomic E-state index is 11.9. The lowest BCUT2D eigenvalue weighted by Gasteiger charge is -2.12. The highest BCUT2D eigenvalue weighted by Crippen LogP contribution is 2.33. The predicted molar refractivity (Wildman–Crippen MR) is 101 cm³/mol. The van der Waals surface area contributed by atoms with Crippen LogP contribution in [0, 0.1) is 0 Å². The highest BCUT2D eigenvalue weighted by atomic mass is 32.2. The molecular formula is C18H16N4O3S. The molecule has 0 spiro atoms. The Morgan fingerprint density at radius 1 is 1.12 bits per heavy atom. The van der Waals surface area contributed by atoms with E-state index in [1.165, 1.54) is 6.26 Å². The first-order valence-electron chi connectivity index (χ1n) is 7.84. The van der Waals surface area contributed by atoms with E-state index in [2.05, 4.69) is 20.5 Å². The Hall–Kier alpha value is -3.13. The monoisotopic (exact) mass is 368 g/mol. The number of hydrogen-bond acceptors (Lipinski definition) is 6. The second-order valence-corrected chi connectivity index (χ2v) is 7.91. The molecule has 7 nitrogen and oxygen atoms in total. The van der Waals surface area contributed by atoms with Gasteiger partial charge in [0.25, 0.3) is 0 Å². The molecule has 0 unspecified atom stereocenters. The number of sulfone groups is 1. The topological polar surface area (TPSA) is 97.0 Å². The number of rotatable bonds is 4. The molecule has 0 radical (unpaired) electrons. The summed E-state index contributed by atoms with van der Waals surface area (Å²) in [5.41, 5.74) is 2.05. The van der Waals surface area contributed by atoms with Crippen molar-refractivity contribution in [2.75, 3.05) is 18.7 Å². The van der Waals surface area contributed by atoms with Crippen molar-refractivity contribution in [1.82, 2.24) is 15.2 Å². The largest absolute Gasteiger partial charge is 0.495 e. The first-order chi connectivity index (χ1) is 12.5. The summed E-state index contributed by atoms with van der Waals surface area (Å²) in [7, 11) is -1.72. The summed E-state index contributed by atoms with van der Waals surface area (Å²) in [6.45, 7) is 0. The van der Waals surface area contributed by atoms with Crippen molar-refractivity contribution in [2.24, 2.45) is 0 Å². The van der Waals surface area contributed by atoms with Gasteiger partial charge in [-0.2, -0.15) is 5.10 Å². The SMILES string of the molecule is COc1ccccc1Nc1nc2cc(S(C)(=O)=O)ccc2c2cn[nH]c12. The van der Waals surface area contributed by atoms with E-state index in [9.17, 15) is 8.42 Å². The average molecular weight is 368 g/mol. The van der Waals surface area contributed by atoms with E-state index < -0.39 is 9.84 Å². The fourth-order valence-corrected chi connectivity index (χ4v) is 3.52. The van der Waals surface area contributed by atoms with Crippen molar-refractivity contribution in [3.05, 3.63) is 48.7 Å². The molecule has 132 valence electrons. The van der Waals surface area contributed by atoms with Gasteiger partial charge in [-0.25, -0.2) is 13.4 Å². The molecule has 2 aromatic carbocycles. The molecule has 8 heteroatoms. The molecule has 0 aliphatic rings. The lowest BCUT2D eigenvalue weighted by molar-refractivity contribution is 0.417.